The molecule has 1 saturated carbocycles. The van der Waals surface area contributed by atoms with Crippen LogP contribution in [0.1, 0.15) is 67.9 Å². The number of allylic oxidation sites excluding steroid dienone is 1. The fourth-order valence-electron chi connectivity index (χ4n) is 4.46. The van der Waals surface area contributed by atoms with Gasteiger partial charge in [0.2, 0.25) is 0 Å². The molecule has 4 atom stereocenters. The number of pyridine rings is 1. The van der Waals surface area contributed by atoms with Crippen LogP contribution in [-0.2, 0) is 9.47 Å². The molecule has 3 aliphatic rings. The Morgan fingerprint density at radius 3 is 2.40 bits per heavy atom. The van der Waals surface area contributed by atoms with Gasteiger partial charge in [-0.2, -0.15) is 0 Å². The van der Waals surface area contributed by atoms with Gasteiger partial charge in [-0.15, -0.1) is 0 Å². The van der Waals surface area contributed by atoms with E-state index in [1.165, 1.54) is 48.4 Å². The zero-order chi connectivity index (χ0) is 25.3. The summed E-state index contributed by atoms with van der Waals surface area (Å²) < 4.78 is 11.4. The summed E-state index contributed by atoms with van der Waals surface area (Å²) in [5.74, 6) is -0.555. The number of ether oxygens (including phenoxy) is 2. The van der Waals surface area contributed by atoms with Crippen molar-refractivity contribution in [1.82, 2.24) is 9.88 Å². The molecule has 10 heteroatoms. The second kappa shape index (κ2) is 15.6. The van der Waals surface area contributed by atoms with Crippen LogP contribution in [0.25, 0.3) is 0 Å². The number of hydrogen-bond donors (Lipinski definition) is 2. The number of carbonyl (C=O) groups is 2. The third-order valence-electron chi connectivity index (χ3n) is 6.45. The van der Waals surface area contributed by atoms with Crippen molar-refractivity contribution in [3.63, 3.8) is 0 Å². The van der Waals surface area contributed by atoms with Crippen molar-refractivity contribution < 1.29 is 63.9 Å². The topological polar surface area (TPSA) is 136 Å². The first kappa shape index (κ1) is 31.5. The Bertz CT molecular complexity index is 824. The zero-order valence-corrected chi connectivity index (χ0v) is 23.5. The Hall–Kier alpha value is -1.49. The van der Waals surface area contributed by atoms with Crippen molar-refractivity contribution in [2.45, 2.75) is 70.2 Å². The Labute approximate surface area is 229 Å². The van der Waals surface area contributed by atoms with Gasteiger partial charge in [-0.05, 0) is 45.2 Å². The Morgan fingerprint density at radius 1 is 1.23 bits per heavy atom. The van der Waals surface area contributed by atoms with Crippen LogP contribution in [-0.4, -0.2) is 77.8 Å². The fourth-order valence-corrected chi connectivity index (χ4v) is 4.46. The quantitative estimate of drug-likeness (QED) is 0.302. The van der Waals surface area contributed by atoms with E-state index in [9.17, 15) is 14.7 Å². The molecule has 2 N–H and O–H groups in total. The molecule has 1 amide bonds. The minimum atomic E-state index is -1.26. The predicted octanol–water partition coefficient (Wildman–Crippen LogP) is -0.550. The molecule has 3 fully saturated rings. The van der Waals surface area contributed by atoms with Crippen molar-refractivity contribution in [1.29, 1.82) is 0 Å². The molecular formula is C25H37N2NaO7. The largest absolute Gasteiger partial charge is 1.00 e. The van der Waals surface area contributed by atoms with E-state index in [-0.39, 0.29) is 41.0 Å². The maximum absolute atomic E-state index is 10.5. The molecule has 0 radical (unpaired) electrons. The average molecular weight is 501 g/mol. The number of rotatable bonds is 6. The molecule has 4 rings (SSSR count). The number of aromatic nitrogens is 1. The molecule has 0 aromatic carbocycles. The minimum absolute atomic E-state index is 0. The van der Waals surface area contributed by atoms with Gasteiger partial charge in [0.25, 0.3) is 0 Å². The predicted molar refractivity (Wildman–Crippen MR) is 125 cm³/mol. The Kier molecular flexibility index (Phi) is 14.0. The molecule has 2 saturated heterocycles. The molecule has 1 aliphatic carbocycles. The number of aromatic carboxylic acids is 1. The van der Waals surface area contributed by atoms with Gasteiger partial charge in [0.1, 0.15) is 0 Å². The van der Waals surface area contributed by atoms with Crippen LogP contribution in [0.3, 0.4) is 0 Å². The van der Waals surface area contributed by atoms with E-state index in [0.717, 1.165) is 13.5 Å². The van der Waals surface area contributed by atoms with E-state index < -0.39 is 12.1 Å². The van der Waals surface area contributed by atoms with Crippen LogP contribution in [0.2, 0.25) is 0 Å². The van der Waals surface area contributed by atoms with Crippen molar-refractivity contribution >= 4 is 12.1 Å². The number of carboxylic acids is 1. The molecule has 190 valence electrons. The van der Waals surface area contributed by atoms with E-state index in [2.05, 4.69) is 24.9 Å². The number of aliphatic hydroxyl groups excluding tert-OH is 1. The fraction of sp³-hybridized carbons (Fsp3) is 0.640. The maximum Gasteiger partial charge on any atom is 1.00 e. The van der Waals surface area contributed by atoms with Crippen molar-refractivity contribution in [2.75, 3.05) is 27.3 Å². The van der Waals surface area contributed by atoms with Crippen LogP contribution in [0, 0.1) is 5.92 Å². The zero-order valence-electron chi connectivity index (χ0n) is 21.5. The number of methoxy groups -OCH3 is 1. The Balaban J connectivity index is 0.000000318. The SMILES string of the molecule is CO.COC1CCCCC1C1O[C@@H]1CC=C(C)C.O=C([O-])c1ccc(C2CN(C(=O)O)C2)nc1.[Na+]. The summed E-state index contributed by atoms with van der Waals surface area (Å²) in [4.78, 5) is 26.2. The van der Waals surface area contributed by atoms with Crippen LogP contribution in [0.4, 0.5) is 4.79 Å². The van der Waals surface area contributed by atoms with E-state index in [0.29, 0.717) is 43.0 Å². The van der Waals surface area contributed by atoms with Crippen LogP contribution < -0.4 is 34.7 Å². The molecule has 2 aliphatic heterocycles. The number of hydrogen-bond acceptors (Lipinski definition) is 7. The molecule has 3 heterocycles. The summed E-state index contributed by atoms with van der Waals surface area (Å²) in [5.41, 5.74) is 2.13. The van der Waals surface area contributed by atoms with E-state index in [1.54, 1.807) is 6.07 Å². The van der Waals surface area contributed by atoms with Crippen LogP contribution in [0.5, 0.6) is 0 Å². The second-order valence-electron chi connectivity index (χ2n) is 9.02. The first-order valence-corrected chi connectivity index (χ1v) is 11.7. The van der Waals surface area contributed by atoms with Crippen LogP contribution >= 0.6 is 0 Å². The van der Waals surface area contributed by atoms with Gasteiger partial charge in [0.05, 0.1) is 24.3 Å². The summed E-state index contributed by atoms with van der Waals surface area (Å²) in [6.07, 6.45) is 10.2. The van der Waals surface area contributed by atoms with Gasteiger partial charge in [-0.1, -0.05) is 24.5 Å². The summed E-state index contributed by atoms with van der Waals surface area (Å²) >= 11 is 0. The molecular weight excluding hydrogens is 463 g/mol. The monoisotopic (exact) mass is 500 g/mol. The number of likely N-dealkylation sites (tertiary alicyclic amines) is 1. The summed E-state index contributed by atoms with van der Waals surface area (Å²) in [7, 11) is 2.84. The Morgan fingerprint density at radius 2 is 1.89 bits per heavy atom. The number of carboxylic acid groups (broad SMARTS) is 2. The van der Waals surface area contributed by atoms with Gasteiger partial charge in [-0.3, -0.25) is 4.98 Å². The second-order valence-corrected chi connectivity index (χ2v) is 9.02. The number of carbonyl (C=O) groups excluding carboxylic acids is 1. The van der Waals surface area contributed by atoms with Crippen molar-refractivity contribution in [3.05, 3.63) is 41.2 Å². The third-order valence-corrected chi connectivity index (χ3v) is 6.45. The van der Waals surface area contributed by atoms with E-state index in [4.69, 9.17) is 19.7 Å². The number of aliphatic hydroxyl groups is 1. The number of amides is 1. The smallest absolute Gasteiger partial charge is 0.545 e. The van der Waals surface area contributed by atoms with Crippen molar-refractivity contribution in [3.8, 4) is 0 Å². The summed E-state index contributed by atoms with van der Waals surface area (Å²) in [5, 5.41) is 26.1. The average Bonchev–Trinajstić information content (AvgIpc) is 3.58. The van der Waals surface area contributed by atoms with Gasteiger partial charge in [0.15, 0.2) is 0 Å². The molecule has 9 nitrogen and oxygen atoms in total. The molecule has 1 aromatic rings. The normalized spacial score (nSPS) is 24.8. The number of nitrogens with zero attached hydrogens (tertiary/aromatic N) is 2. The molecule has 0 bridgehead atoms. The summed E-state index contributed by atoms with van der Waals surface area (Å²) in [6, 6.07) is 3.01. The minimum Gasteiger partial charge on any atom is -0.545 e. The van der Waals surface area contributed by atoms with E-state index >= 15 is 0 Å². The van der Waals surface area contributed by atoms with Gasteiger partial charge < -0.3 is 34.5 Å². The molecule has 35 heavy (non-hydrogen) atoms. The standard InChI is InChI=1S/C14H24O2.C10H10N2O4.CH4O.Na/c1-10(2)8-9-13-14(16-13)11-6-4-5-7-12(11)15-3;13-9(14)6-1-2-8(11-3-6)7-4-12(5-7)10(15)16;1-2;/h8,11-14H,4-7,9H2,1-3H3;1-3,7H,4-5H2,(H,13,14)(H,15,16);2H,1H3;/q;;;+1/p-1/t11?,12?,13-,14?;;;/m1.../s1. The van der Waals surface area contributed by atoms with Crippen molar-refractivity contribution in [2.24, 2.45) is 5.92 Å². The molecule has 3 unspecified atom stereocenters. The first-order chi connectivity index (χ1) is 16.3. The van der Waals surface area contributed by atoms with Gasteiger partial charge in [-0.25, -0.2) is 4.79 Å². The van der Waals surface area contributed by atoms with Gasteiger partial charge >= 0.3 is 35.7 Å². The maximum atomic E-state index is 10.5. The van der Waals surface area contributed by atoms with Gasteiger partial charge in [0, 0.05) is 56.6 Å². The molecule has 0 spiro atoms. The first-order valence-electron chi connectivity index (χ1n) is 11.7. The van der Waals surface area contributed by atoms with E-state index in [1.807, 2.05) is 7.11 Å². The molecule has 1 aromatic heterocycles. The third kappa shape index (κ3) is 9.48. The van der Waals surface area contributed by atoms with Crippen LogP contribution in [0.15, 0.2) is 30.0 Å². The number of epoxide rings is 1. The summed E-state index contributed by atoms with van der Waals surface area (Å²) in [6.45, 7) is 5.12.